The van der Waals surface area contributed by atoms with Crippen LogP contribution in [0.25, 0.3) is 0 Å². The number of nitrogens with zero attached hydrogens (tertiary/aromatic N) is 3. The highest BCUT2D eigenvalue weighted by Crippen LogP contribution is 2.38. The zero-order chi connectivity index (χ0) is 23.6. The minimum absolute atomic E-state index is 0.00476. The van der Waals surface area contributed by atoms with E-state index in [1.165, 1.54) is 0 Å². The standard InChI is InChI=1S/C23H27ClN6O3/c1-23(12-33-13-23)11-27-22(32)14-2-7-19(15(8-14)9-25)30-10-18(20(26)31)21(29-30)28-17-5-3-16(24)4-6-17/h3-6,10,14-15,19H,2,7-8,11-13H2,1H3,(H2,26,31)(H,27,32)(H,28,29)/t14-,15+,19-/m1/s1. The average molecular weight is 471 g/mol. The van der Waals surface area contributed by atoms with E-state index in [1.807, 2.05) is 0 Å². The number of aromatic nitrogens is 2. The second-order valence-electron chi connectivity index (χ2n) is 9.20. The van der Waals surface area contributed by atoms with E-state index in [-0.39, 0.29) is 28.8 Å². The first kappa shape index (κ1) is 23.1. The van der Waals surface area contributed by atoms with Crippen LogP contribution < -0.4 is 16.4 Å². The summed E-state index contributed by atoms with van der Waals surface area (Å²) in [6.45, 7) is 3.95. The molecule has 2 aliphatic rings. The van der Waals surface area contributed by atoms with Gasteiger partial charge in [0.25, 0.3) is 5.91 Å². The maximum Gasteiger partial charge on any atom is 0.254 e. The number of halogens is 1. The van der Waals surface area contributed by atoms with Crippen LogP contribution in [0.15, 0.2) is 30.5 Å². The van der Waals surface area contributed by atoms with Crippen molar-refractivity contribution in [3.63, 3.8) is 0 Å². The molecule has 0 bridgehead atoms. The Bertz CT molecular complexity index is 1070. The summed E-state index contributed by atoms with van der Waals surface area (Å²) in [6, 6.07) is 9.06. The van der Waals surface area contributed by atoms with Crippen LogP contribution in [-0.2, 0) is 9.53 Å². The van der Waals surface area contributed by atoms with E-state index in [4.69, 9.17) is 22.1 Å². The van der Waals surface area contributed by atoms with Crippen LogP contribution >= 0.6 is 11.6 Å². The first-order chi connectivity index (χ1) is 15.8. The number of carbonyl (C=O) groups is 2. The van der Waals surface area contributed by atoms with Gasteiger partial charge in [-0.2, -0.15) is 10.4 Å². The Balaban J connectivity index is 1.46. The molecule has 1 saturated carbocycles. The van der Waals surface area contributed by atoms with Crippen molar-refractivity contribution in [2.45, 2.75) is 32.2 Å². The number of amides is 2. The highest BCUT2D eigenvalue weighted by molar-refractivity contribution is 6.30. The number of primary amides is 1. The molecule has 2 aromatic rings. The SMILES string of the molecule is CC1(CNC(=O)[C@@H]2CC[C@@H](n3cc(C(N)=O)c(Nc4ccc(Cl)cc4)n3)[C@H](C#N)C2)COC1. The van der Waals surface area contributed by atoms with Gasteiger partial charge in [0, 0.05) is 34.8 Å². The summed E-state index contributed by atoms with van der Waals surface area (Å²) in [6.07, 6.45) is 3.24. The fraction of sp³-hybridized carbons (Fsp3) is 0.478. The highest BCUT2D eigenvalue weighted by Gasteiger charge is 2.38. The first-order valence-electron chi connectivity index (χ1n) is 10.9. The molecule has 1 aromatic heterocycles. The summed E-state index contributed by atoms with van der Waals surface area (Å²) in [5, 5.41) is 21.1. The van der Waals surface area contributed by atoms with E-state index in [1.54, 1.807) is 35.1 Å². The third kappa shape index (κ3) is 5.13. The van der Waals surface area contributed by atoms with E-state index >= 15 is 0 Å². The number of anilines is 2. The number of rotatable bonds is 7. The van der Waals surface area contributed by atoms with Crippen LogP contribution in [0.1, 0.15) is 42.6 Å². The van der Waals surface area contributed by atoms with Crippen molar-refractivity contribution >= 4 is 34.9 Å². The molecule has 2 fully saturated rings. The molecule has 2 amide bonds. The lowest BCUT2D eigenvalue weighted by Crippen LogP contribution is -2.50. The number of carbonyl (C=O) groups excluding carboxylic acids is 2. The maximum absolute atomic E-state index is 12.7. The predicted molar refractivity (Wildman–Crippen MR) is 123 cm³/mol. The second-order valence-corrected chi connectivity index (χ2v) is 9.64. The third-order valence-corrected chi connectivity index (χ3v) is 6.64. The lowest BCUT2D eigenvalue weighted by atomic mass is 9.78. The van der Waals surface area contributed by atoms with E-state index in [0.29, 0.717) is 55.5 Å². The number of nitriles is 1. The van der Waals surface area contributed by atoms with Gasteiger partial charge in [0.15, 0.2) is 5.82 Å². The molecule has 3 atom stereocenters. The third-order valence-electron chi connectivity index (χ3n) is 6.39. The van der Waals surface area contributed by atoms with E-state index in [2.05, 4.69) is 28.7 Å². The van der Waals surface area contributed by atoms with Crippen LogP contribution in [-0.4, -0.2) is 41.4 Å². The van der Waals surface area contributed by atoms with Gasteiger partial charge < -0.3 is 21.1 Å². The Morgan fingerprint density at radius 1 is 1.33 bits per heavy atom. The monoisotopic (exact) mass is 470 g/mol. The second kappa shape index (κ2) is 9.41. The van der Waals surface area contributed by atoms with Crippen molar-refractivity contribution in [2.75, 3.05) is 25.1 Å². The maximum atomic E-state index is 12.7. The summed E-state index contributed by atoms with van der Waals surface area (Å²) in [4.78, 5) is 24.7. The topological polar surface area (TPSA) is 135 Å². The first-order valence-corrected chi connectivity index (χ1v) is 11.3. The van der Waals surface area contributed by atoms with Crippen LogP contribution in [0.5, 0.6) is 0 Å². The van der Waals surface area contributed by atoms with Gasteiger partial charge in [0.2, 0.25) is 5.91 Å². The van der Waals surface area contributed by atoms with E-state index in [0.717, 1.165) is 0 Å². The Labute approximate surface area is 197 Å². The molecular weight excluding hydrogens is 444 g/mol. The van der Waals surface area contributed by atoms with Crippen molar-refractivity contribution < 1.29 is 14.3 Å². The van der Waals surface area contributed by atoms with Gasteiger partial charge in [-0.05, 0) is 43.5 Å². The number of hydrogen-bond acceptors (Lipinski definition) is 6. The summed E-state index contributed by atoms with van der Waals surface area (Å²) in [5.41, 5.74) is 6.50. The van der Waals surface area contributed by atoms with Crippen LogP contribution in [0.4, 0.5) is 11.5 Å². The molecule has 1 aromatic carbocycles. The lowest BCUT2D eigenvalue weighted by molar-refractivity contribution is -0.131. The normalized spacial score (nSPS) is 23.7. The van der Waals surface area contributed by atoms with Crippen molar-refractivity contribution in [3.8, 4) is 6.07 Å². The number of nitrogens with two attached hydrogens (primary N) is 1. The van der Waals surface area contributed by atoms with Gasteiger partial charge in [-0.25, -0.2) is 0 Å². The lowest BCUT2D eigenvalue weighted by Gasteiger charge is -2.39. The quantitative estimate of drug-likeness (QED) is 0.569. The Morgan fingerprint density at radius 2 is 2.06 bits per heavy atom. The molecule has 33 heavy (non-hydrogen) atoms. The predicted octanol–water partition coefficient (Wildman–Crippen LogP) is 3.01. The van der Waals surface area contributed by atoms with E-state index in [9.17, 15) is 14.9 Å². The molecule has 4 rings (SSSR count). The summed E-state index contributed by atoms with van der Waals surface area (Å²) < 4.78 is 6.87. The summed E-state index contributed by atoms with van der Waals surface area (Å²) in [7, 11) is 0. The number of hydrogen-bond donors (Lipinski definition) is 3. The molecule has 0 radical (unpaired) electrons. The van der Waals surface area contributed by atoms with Crippen molar-refractivity contribution in [2.24, 2.45) is 23.0 Å². The minimum atomic E-state index is -0.618. The number of ether oxygens (including phenoxy) is 1. The van der Waals surface area contributed by atoms with Gasteiger partial charge >= 0.3 is 0 Å². The number of benzene rings is 1. The van der Waals surface area contributed by atoms with Gasteiger partial charge in [-0.15, -0.1) is 0 Å². The minimum Gasteiger partial charge on any atom is -0.380 e. The van der Waals surface area contributed by atoms with Crippen LogP contribution in [0.2, 0.25) is 5.02 Å². The Kier molecular flexibility index (Phi) is 6.58. The van der Waals surface area contributed by atoms with Gasteiger partial charge in [0.1, 0.15) is 5.56 Å². The van der Waals surface area contributed by atoms with Gasteiger partial charge in [0.05, 0.1) is 31.2 Å². The van der Waals surface area contributed by atoms with Gasteiger partial charge in [-0.3, -0.25) is 14.3 Å². The van der Waals surface area contributed by atoms with Crippen LogP contribution in [0, 0.1) is 28.6 Å². The molecule has 2 heterocycles. The molecule has 9 nitrogen and oxygen atoms in total. The zero-order valence-electron chi connectivity index (χ0n) is 18.4. The molecule has 1 aliphatic carbocycles. The van der Waals surface area contributed by atoms with Crippen LogP contribution in [0.3, 0.4) is 0 Å². The van der Waals surface area contributed by atoms with Gasteiger partial charge in [-0.1, -0.05) is 18.5 Å². The molecule has 1 aliphatic heterocycles. The van der Waals surface area contributed by atoms with Crippen molar-refractivity contribution in [1.29, 1.82) is 5.26 Å². The molecule has 174 valence electrons. The number of nitrogens with one attached hydrogen (secondary N) is 2. The average Bonchev–Trinajstić information content (AvgIpc) is 3.21. The zero-order valence-corrected chi connectivity index (χ0v) is 19.1. The van der Waals surface area contributed by atoms with Crippen molar-refractivity contribution in [1.82, 2.24) is 15.1 Å². The highest BCUT2D eigenvalue weighted by atomic mass is 35.5. The molecule has 4 N–H and O–H groups in total. The van der Waals surface area contributed by atoms with E-state index < -0.39 is 11.8 Å². The fourth-order valence-electron chi connectivity index (χ4n) is 4.35. The van der Waals surface area contributed by atoms with Crippen molar-refractivity contribution in [3.05, 3.63) is 41.0 Å². The summed E-state index contributed by atoms with van der Waals surface area (Å²) in [5.74, 6) is -0.968. The molecular formula is C23H27ClN6O3. The summed E-state index contributed by atoms with van der Waals surface area (Å²) >= 11 is 5.93. The Hall–Kier alpha value is -3.09. The molecule has 10 heteroatoms. The molecule has 0 unspecified atom stereocenters. The fourth-order valence-corrected chi connectivity index (χ4v) is 4.48. The largest absolute Gasteiger partial charge is 0.380 e. The molecule has 0 spiro atoms. The Morgan fingerprint density at radius 3 is 2.67 bits per heavy atom. The molecule has 1 saturated heterocycles. The smallest absolute Gasteiger partial charge is 0.254 e.